The minimum absolute atomic E-state index is 0.0475. The fourth-order valence-corrected chi connectivity index (χ4v) is 2.31. The van der Waals surface area contributed by atoms with Gasteiger partial charge in [0.1, 0.15) is 5.75 Å². The molecule has 0 saturated heterocycles. The van der Waals surface area contributed by atoms with Crippen molar-refractivity contribution in [2.45, 2.75) is 20.3 Å². The molecule has 110 valence electrons. The number of nitrogens with zero attached hydrogens (tertiary/aromatic N) is 1. The van der Waals surface area contributed by atoms with Crippen LogP contribution in [0.25, 0.3) is 5.69 Å². The Morgan fingerprint density at radius 3 is 2.52 bits per heavy atom. The number of benzene rings is 1. The van der Waals surface area contributed by atoms with Crippen LogP contribution in [-0.2, 0) is 16.0 Å². The molecule has 0 aliphatic rings. The lowest BCUT2D eigenvalue weighted by atomic mass is 10.1. The molecule has 21 heavy (non-hydrogen) atoms. The van der Waals surface area contributed by atoms with Crippen LogP contribution in [0.5, 0.6) is 5.75 Å². The number of aromatic hydroxyl groups is 1. The molecule has 0 saturated carbocycles. The molecule has 0 radical (unpaired) electrons. The van der Waals surface area contributed by atoms with Gasteiger partial charge in [-0.05, 0) is 37.1 Å². The molecule has 0 spiro atoms. The average molecular weight is 287 g/mol. The Morgan fingerprint density at radius 2 is 1.95 bits per heavy atom. The summed E-state index contributed by atoms with van der Waals surface area (Å²) in [7, 11) is 1.35. The summed E-state index contributed by atoms with van der Waals surface area (Å²) in [6.07, 6.45) is 0.196. The van der Waals surface area contributed by atoms with E-state index in [9.17, 15) is 14.7 Å². The third-order valence-electron chi connectivity index (χ3n) is 3.28. The highest BCUT2D eigenvalue weighted by Gasteiger charge is 2.10. The number of carbonyl (C=O) groups is 1. The van der Waals surface area contributed by atoms with E-state index < -0.39 is 0 Å². The molecule has 0 aliphatic heterocycles. The predicted octanol–water partition coefficient (Wildman–Crippen LogP) is 1.88. The lowest BCUT2D eigenvalue weighted by Gasteiger charge is -2.14. The van der Waals surface area contributed by atoms with Crippen molar-refractivity contribution in [2.24, 2.45) is 0 Å². The Morgan fingerprint density at radius 1 is 1.24 bits per heavy atom. The number of esters is 1. The summed E-state index contributed by atoms with van der Waals surface area (Å²) in [5.74, 6) is -0.353. The SMILES string of the molecule is COC(=O)Cc1ccc(-n2c(C)cc(O)cc2=O)c(C)c1. The highest BCUT2D eigenvalue weighted by atomic mass is 16.5. The number of ether oxygens (including phenoxy) is 1. The number of rotatable bonds is 3. The van der Waals surface area contributed by atoms with Crippen LogP contribution >= 0.6 is 0 Å². The Balaban J connectivity index is 2.47. The van der Waals surface area contributed by atoms with Gasteiger partial charge >= 0.3 is 5.97 Å². The van der Waals surface area contributed by atoms with Crippen molar-refractivity contribution in [1.82, 2.24) is 4.57 Å². The molecule has 0 unspecified atom stereocenters. The summed E-state index contributed by atoms with van der Waals surface area (Å²) in [5.41, 5.74) is 2.77. The summed E-state index contributed by atoms with van der Waals surface area (Å²) in [5, 5.41) is 9.44. The van der Waals surface area contributed by atoms with Crippen LogP contribution in [0.3, 0.4) is 0 Å². The minimum atomic E-state index is -0.305. The zero-order valence-corrected chi connectivity index (χ0v) is 12.2. The number of pyridine rings is 1. The fourth-order valence-electron chi connectivity index (χ4n) is 2.31. The van der Waals surface area contributed by atoms with Gasteiger partial charge in [0.15, 0.2) is 0 Å². The molecule has 0 aliphatic carbocycles. The first-order valence-corrected chi connectivity index (χ1v) is 6.51. The quantitative estimate of drug-likeness (QED) is 0.875. The number of carbonyl (C=O) groups excluding carboxylic acids is 1. The molecule has 2 aromatic rings. The maximum atomic E-state index is 12.1. The van der Waals surface area contributed by atoms with Gasteiger partial charge < -0.3 is 9.84 Å². The summed E-state index contributed by atoms with van der Waals surface area (Å²) < 4.78 is 6.16. The molecule has 5 nitrogen and oxygen atoms in total. The van der Waals surface area contributed by atoms with E-state index in [1.807, 2.05) is 13.0 Å². The number of aryl methyl sites for hydroxylation is 2. The highest BCUT2D eigenvalue weighted by molar-refractivity contribution is 5.72. The van der Waals surface area contributed by atoms with Gasteiger partial charge in [-0.3, -0.25) is 14.2 Å². The molecule has 0 bridgehead atoms. The minimum Gasteiger partial charge on any atom is -0.508 e. The molecule has 1 N–H and O–H groups in total. The van der Waals surface area contributed by atoms with Crippen LogP contribution in [0.15, 0.2) is 35.1 Å². The van der Waals surface area contributed by atoms with Crippen molar-refractivity contribution in [1.29, 1.82) is 0 Å². The molecule has 5 heteroatoms. The number of methoxy groups -OCH3 is 1. The van der Waals surface area contributed by atoms with Crippen LogP contribution in [-0.4, -0.2) is 22.8 Å². The monoisotopic (exact) mass is 287 g/mol. The van der Waals surface area contributed by atoms with Crippen molar-refractivity contribution in [3.05, 3.63) is 57.5 Å². The summed E-state index contributed by atoms with van der Waals surface area (Å²) in [6.45, 7) is 3.62. The molecule has 1 aromatic carbocycles. The molecule has 0 fully saturated rings. The van der Waals surface area contributed by atoms with Crippen molar-refractivity contribution < 1.29 is 14.6 Å². The molecule has 0 amide bonds. The zero-order valence-electron chi connectivity index (χ0n) is 12.2. The fraction of sp³-hybridized carbons (Fsp3) is 0.250. The first-order chi connectivity index (χ1) is 9.92. The Kier molecular flexibility index (Phi) is 4.12. The van der Waals surface area contributed by atoms with Crippen molar-refractivity contribution >= 4 is 5.97 Å². The third-order valence-corrected chi connectivity index (χ3v) is 3.28. The Bertz CT molecular complexity index is 746. The lowest BCUT2D eigenvalue weighted by molar-refractivity contribution is -0.139. The molecule has 1 aromatic heterocycles. The molecular weight excluding hydrogens is 270 g/mol. The van der Waals surface area contributed by atoms with E-state index in [-0.39, 0.29) is 23.7 Å². The van der Waals surface area contributed by atoms with Gasteiger partial charge in [0.05, 0.1) is 19.2 Å². The van der Waals surface area contributed by atoms with Gasteiger partial charge in [0.25, 0.3) is 5.56 Å². The first kappa shape index (κ1) is 14.8. The maximum Gasteiger partial charge on any atom is 0.309 e. The summed E-state index contributed by atoms with van der Waals surface area (Å²) >= 11 is 0. The third kappa shape index (κ3) is 3.13. The second-order valence-corrected chi connectivity index (χ2v) is 4.90. The van der Waals surface area contributed by atoms with Crippen molar-refractivity contribution in [3.8, 4) is 11.4 Å². The Labute approximate surface area is 122 Å². The number of hydrogen-bond acceptors (Lipinski definition) is 4. The average Bonchev–Trinajstić information content (AvgIpc) is 2.40. The molecule has 1 heterocycles. The number of aromatic nitrogens is 1. The van der Waals surface area contributed by atoms with Crippen LogP contribution < -0.4 is 5.56 Å². The number of hydrogen-bond donors (Lipinski definition) is 1. The van der Waals surface area contributed by atoms with Crippen LogP contribution in [0, 0.1) is 13.8 Å². The van der Waals surface area contributed by atoms with E-state index in [2.05, 4.69) is 4.74 Å². The van der Waals surface area contributed by atoms with E-state index in [4.69, 9.17) is 0 Å². The smallest absolute Gasteiger partial charge is 0.309 e. The van der Waals surface area contributed by atoms with Gasteiger partial charge in [-0.25, -0.2) is 0 Å². The standard InChI is InChI=1S/C16H17NO4/c1-10-6-12(8-16(20)21-3)4-5-14(10)17-11(2)7-13(18)9-15(17)19/h4-7,9,18H,8H2,1-3H3. The second-order valence-electron chi connectivity index (χ2n) is 4.90. The predicted molar refractivity (Wildman–Crippen MR) is 78.9 cm³/mol. The second kappa shape index (κ2) is 5.83. The summed E-state index contributed by atoms with van der Waals surface area (Å²) in [4.78, 5) is 23.3. The van der Waals surface area contributed by atoms with E-state index in [1.165, 1.54) is 23.8 Å². The first-order valence-electron chi connectivity index (χ1n) is 6.51. The largest absolute Gasteiger partial charge is 0.508 e. The molecular formula is C16H17NO4. The van der Waals surface area contributed by atoms with Crippen LogP contribution in [0.2, 0.25) is 0 Å². The van der Waals surface area contributed by atoms with E-state index in [1.54, 1.807) is 19.1 Å². The maximum absolute atomic E-state index is 12.1. The summed E-state index contributed by atoms with van der Waals surface area (Å²) in [6, 6.07) is 8.14. The van der Waals surface area contributed by atoms with Crippen LogP contribution in [0.1, 0.15) is 16.8 Å². The van der Waals surface area contributed by atoms with Gasteiger partial charge in [0.2, 0.25) is 0 Å². The molecule has 2 rings (SSSR count). The Hall–Kier alpha value is -2.56. The van der Waals surface area contributed by atoms with E-state index in [0.717, 1.165) is 16.8 Å². The van der Waals surface area contributed by atoms with E-state index >= 15 is 0 Å². The van der Waals surface area contributed by atoms with Gasteiger partial charge in [-0.15, -0.1) is 0 Å². The van der Waals surface area contributed by atoms with Gasteiger partial charge in [-0.2, -0.15) is 0 Å². The van der Waals surface area contributed by atoms with Crippen molar-refractivity contribution in [3.63, 3.8) is 0 Å². The van der Waals surface area contributed by atoms with Gasteiger partial charge in [0, 0.05) is 11.8 Å². The lowest BCUT2D eigenvalue weighted by Crippen LogP contribution is -2.20. The molecule has 0 atom stereocenters. The van der Waals surface area contributed by atoms with Crippen molar-refractivity contribution in [2.75, 3.05) is 7.11 Å². The van der Waals surface area contributed by atoms with Gasteiger partial charge in [-0.1, -0.05) is 12.1 Å². The van der Waals surface area contributed by atoms with E-state index in [0.29, 0.717) is 5.69 Å². The van der Waals surface area contributed by atoms with Crippen LogP contribution in [0.4, 0.5) is 0 Å². The zero-order chi connectivity index (χ0) is 15.6. The highest BCUT2D eigenvalue weighted by Crippen LogP contribution is 2.18. The topological polar surface area (TPSA) is 68.5 Å². The normalized spacial score (nSPS) is 10.4.